The van der Waals surface area contributed by atoms with Gasteiger partial charge in [-0.05, 0) is 43.5 Å². The van der Waals surface area contributed by atoms with Crippen LogP contribution in [-0.2, 0) is 12.7 Å². The first-order chi connectivity index (χ1) is 14.0. The zero-order chi connectivity index (χ0) is 22.2. The topological polar surface area (TPSA) is 51.0 Å². The van der Waals surface area contributed by atoms with Crippen molar-refractivity contribution < 1.29 is 18.0 Å². The maximum atomic E-state index is 13.2. The first-order valence-electron chi connectivity index (χ1n) is 9.78. The summed E-state index contributed by atoms with van der Waals surface area (Å²) < 4.78 is 40.1. The minimum atomic E-state index is -4.38. The highest BCUT2D eigenvalue weighted by Crippen LogP contribution is 2.29. The molecule has 8 heteroatoms. The maximum absolute atomic E-state index is 13.2. The minimum absolute atomic E-state index is 0.0882. The molecule has 0 unspecified atom stereocenters. The number of carbonyl (C=O) groups is 1. The van der Waals surface area contributed by atoms with Gasteiger partial charge in [-0.1, -0.05) is 26.0 Å². The summed E-state index contributed by atoms with van der Waals surface area (Å²) in [6, 6.07) is 6.72. The van der Waals surface area contributed by atoms with E-state index in [1.54, 1.807) is 24.0 Å². The Morgan fingerprint density at radius 2 is 1.77 bits per heavy atom. The van der Waals surface area contributed by atoms with E-state index in [2.05, 4.69) is 5.10 Å². The number of benzene rings is 1. The molecular formula is C22H25F3N4O. The van der Waals surface area contributed by atoms with Crippen LogP contribution in [0.5, 0.6) is 0 Å². The van der Waals surface area contributed by atoms with Crippen molar-refractivity contribution in [1.82, 2.24) is 19.7 Å². The van der Waals surface area contributed by atoms with E-state index in [1.807, 2.05) is 27.7 Å². The largest absolute Gasteiger partial charge is 0.416 e. The van der Waals surface area contributed by atoms with Crippen molar-refractivity contribution in [3.05, 3.63) is 58.9 Å². The summed E-state index contributed by atoms with van der Waals surface area (Å²) in [5.74, 6) is -0.107. The fourth-order valence-corrected chi connectivity index (χ4v) is 3.24. The van der Waals surface area contributed by atoms with Gasteiger partial charge in [0.1, 0.15) is 0 Å². The second-order valence-electron chi connectivity index (χ2n) is 8.03. The van der Waals surface area contributed by atoms with Gasteiger partial charge in [-0.15, -0.1) is 0 Å². The molecule has 0 spiro atoms. The van der Waals surface area contributed by atoms with Gasteiger partial charge < -0.3 is 4.90 Å². The van der Waals surface area contributed by atoms with E-state index in [9.17, 15) is 18.0 Å². The molecule has 0 aliphatic rings. The van der Waals surface area contributed by atoms with E-state index in [0.717, 1.165) is 17.8 Å². The summed E-state index contributed by atoms with van der Waals surface area (Å²) in [4.78, 5) is 19.4. The third-order valence-electron chi connectivity index (χ3n) is 4.95. The van der Waals surface area contributed by atoms with E-state index in [4.69, 9.17) is 4.98 Å². The minimum Gasteiger partial charge on any atom is -0.337 e. The number of amides is 1. The Kier molecular flexibility index (Phi) is 5.87. The van der Waals surface area contributed by atoms with Gasteiger partial charge in [-0.2, -0.15) is 18.3 Å². The van der Waals surface area contributed by atoms with Crippen molar-refractivity contribution >= 4 is 16.9 Å². The molecule has 0 bridgehead atoms. The smallest absolute Gasteiger partial charge is 0.337 e. The SMILES string of the molecule is CC(C)c1cc(C(=O)N(C)Cc2ccc(C(F)(F)F)cc2)c2cnn(C(C)C)c2n1. The standard InChI is InChI=1S/C22H25F3N4O/c1-13(2)19-10-17(18-11-26-29(14(3)4)20(18)27-19)21(30)28(5)12-15-6-8-16(9-7-15)22(23,24)25/h6-11,13-14H,12H2,1-5H3. The number of aromatic nitrogens is 3. The van der Waals surface area contributed by atoms with Crippen LogP contribution in [0.3, 0.4) is 0 Å². The Hall–Kier alpha value is -2.90. The third kappa shape index (κ3) is 4.32. The number of fused-ring (bicyclic) bond motifs is 1. The Labute approximate surface area is 173 Å². The van der Waals surface area contributed by atoms with Crippen molar-refractivity contribution in [1.29, 1.82) is 0 Å². The molecule has 0 saturated carbocycles. The fourth-order valence-electron chi connectivity index (χ4n) is 3.24. The second kappa shape index (κ2) is 8.08. The number of pyridine rings is 1. The average molecular weight is 418 g/mol. The monoisotopic (exact) mass is 418 g/mol. The van der Waals surface area contributed by atoms with Gasteiger partial charge in [-0.3, -0.25) is 4.79 Å². The van der Waals surface area contributed by atoms with Crippen molar-refractivity contribution in [2.45, 2.75) is 52.4 Å². The van der Waals surface area contributed by atoms with Crippen LogP contribution in [0.4, 0.5) is 13.2 Å². The zero-order valence-corrected chi connectivity index (χ0v) is 17.7. The lowest BCUT2D eigenvalue weighted by Crippen LogP contribution is -2.26. The number of carbonyl (C=O) groups excluding carboxylic acids is 1. The zero-order valence-electron chi connectivity index (χ0n) is 17.7. The molecule has 1 amide bonds. The van der Waals surface area contributed by atoms with Crippen LogP contribution in [0.15, 0.2) is 36.5 Å². The molecule has 0 fully saturated rings. The van der Waals surface area contributed by atoms with Gasteiger partial charge in [0.15, 0.2) is 5.65 Å². The fraction of sp³-hybridized carbons (Fsp3) is 0.409. The maximum Gasteiger partial charge on any atom is 0.416 e. The lowest BCUT2D eigenvalue weighted by molar-refractivity contribution is -0.137. The van der Waals surface area contributed by atoms with Crippen LogP contribution in [0.1, 0.15) is 66.8 Å². The molecule has 0 atom stereocenters. The molecule has 3 aromatic rings. The van der Waals surface area contributed by atoms with Crippen LogP contribution < -0.4 is 0 Å². The molecule has 3 rings (SSSR count). The first kappa shape index (κ1) is 21.8. The van der Waals surface area contributed by atoms with Gasteiger partial charge in [0.05, 0.1) is 22.7 Å². The van der Waals surface area contributed by atoms with Crippen molar-refractivity contribution in [2.75, 3.05) is 7.05 Å². The molecular weight excluding hydrogens is 393 g/mol. The summed E-state index contributed by atoms with van der Waals surface area (Å²) in [5.41, 5.74) is 1.84. The third-order valence-corrected chi connectivity index (χ3v) is 4.95. The molecule has 1 aromatic carbocycles. The van der Waals surface area contributed by atoms with E-state index >= 15 is 0 Å². The molecule has 160 valence electrons. The normalized spacial score (nSPS) is 12.2. The van der Waals surface area contributed by atoms with Crippen molar-refractivity contribution in [3.8, 4) is 0 Å². The van der Waals surface area contributed by atoms with Crippen LogP contribution in [-0.4, -0.2) is 32.6 Å². The molecule has 0 aliphatic heterocycles. The summed E-state index contributed by atoms with van der Waals surface area (Å²) >= 11 is 0. The highest BCUT2D eigenvalue weighted by molar-refractivity contribution is 6.05. The van der Waals surface area contributed by atoms with Gasteiger partial charge in [-0.25, -0.2) is 9.67 Å². The van der Waals surface area contributed by atoms with Crippen LogP contribution in [0.25, 0.3) is 11.0 Å². The van der Waals surface area contributed by atoms with Gasteiger partial charge in [0.2, 0.25) is 0 Å². The highest BCUT2D eigenvalue weighted by atomic mass is 19.4. The summed E-state index contributed by atoms with van der Waals surface area (Å²) in [6.07, 6.45) is -2.74. The van der Waals surface area contributed by atoms with Crippen LogP contribution in [0.2, 0.25) is 0 Å². The molecule has 2 heterocycles. The number of nitrogens with zero attached hydrogens (tertiary/aromatic N) is 4. The lowest BCUT2D eigenvalue weighted by Gasteiger charge is -2.19. The molecule has 0 radical (unpaired) electrons. The highest BCUT2D eigenvalue weighted by Gasteiger charge is 2.30. The van der Waals surface area contributed by atoms with E-state index in [-0.39, 0.29) is 24.4 Å². The molecule has 5 nitrogen and oxygen atoms in total. The number of hydrogen-bond acceptors (Lipinski definition) is 3. The predicted octanol–water partition coefficient (Wildman–Crippen LogP) is 5.43. The molecule has 30 heavy (non-hydrogen) atoms. The van der Waals surface area contributed by atoms with Crippen LogP contribution >= 0.6 is 0 Å². The first-order valence-corrected chi connectivity index (χ1v) is 9.78. The summed E-state index contributed by atoms with van der Waals surface area (Å²) in [7, 11) is 1.63. The molecule has 0 aliphatic carbocycles. The lowest BCUT2D eigenvalue weighted by atomic mass is 10.0. The predicted molar refractivity (Wildman–Crippen MR) is 109 cm³/mol. The Morgan fingerprint density at radius 1 is 1.13 bits per heavy atom. The molecule has 0 N–H and O–H groups in total. The number of rotatable bonds is 5. The van der Waals surface area contributed by atoms with Crippen molar-refractivity contribution in [2.24, 2.45) is 0 Å². The summed E-state index contributed by atoms with van der Waals surface area (Å²) in [5, 5.41) is 5.06. The van der Waals surface area contributed by atoms with E-state index < -0.39 is 11.7 Å². The Bertz CT molecular complexity index is 1050. The van der Waals surface area contributed by atoms with Gasteiger partial charge in [0.25, 0.3) is 5.91 Å². The van der Waals surface area contributed by atoms with Gasteiger partial charge in [0, 0.05) is 25.3 Å². The number of hydrogen-bond donors (Lipinski definition) is 0. The second-order valence-corrected chi connectivity index (χ2v) is 8.03. The van der Waals surface area contributed by atoms with Crippen LogP contribution in [0, 0.1) is 0 Å². The molecule has 0 saturated heterocycles. The summed E-state index contributed by atoms with van der Waals surface area (Å²) in [6.45, 7) is 8.19. The van der Waals surface area contributed by atoms with Crippen molar-refractivity contribution in [3.63, 3.8) is 0 Å². The Balaban J connectivity index is 1.93. The van der Waals surface area contributed by atoms with Gasteiger partial charge >= 0.3 is 6.18 Å². The number of alkyl halides is 3. The quantitative estimate of drug-likeness (QED) is 0.555. The van der Waals surface area contributed by atoms with E-state index in [0.29, 0.717) is 22.2 Å². The van der Waals surface area contributed by atoms with E-state index in [1.165, 1.54) is 17.0 Å². The Morgan fingerprint density at radius 3 is 2.30 bits per heavy atom. The average Bonchev–Trinajstić information content (AvgIpc) is 3.10. The molecule has 2 aromatic heterocycles. The number of halogens is 3.